The molecule has 244 valence electrons. The number of nitrogens with zero attached hydrogens (tertiary/aromatic N) is 7. The number of aliphatic hydroxyl groups excluding tert-OH is 2. The van der Waals surface area contributed by atoms with Crippen LogP contribution >= 0.6 is 6.72 Å². The fourth-order valence-corrected chi connectivity index (χ4v) is 6.63. The molecule has 0 aliphatic carbocycles. The molecule has 0 bridgehead atoms. The summed E-state index contributed by atoms with van der Waals surface area (Å²) in [6, 6.07) is 0. The van der Waals surface area contributed by atoms with Crippen LogP contribution in [-0.4, -0.2) is 104 Å². The van der Waals surface area contributed by atoms with E-state index in [0.29, 0.717) is 12.5 Å². The molecule has 4 aromatic heterocycles. The summed E-state index contributed by atoms with van der Waals surface area (Å²) in [4.78, 5) is 46.7. The van der Waals surface area contributed by atoms with Crippen molar-refractivity contribution in [2.24, 2.45) is 5.92 Å². The van der Waals surface area contributed by atoms with Crippen LogP contribution in [0, 0.1) is 5.92 Å². The lowest BCUT2D eigenvalue weighted by Crippen LogP contribution is -2.32. The second kappa shape index (κ2) is 12.5. The fraction of sp³-hybridized carbons (Fsp3) is 0.583. The van der Waals surface area contributed by atoms with Gasteiger partial charge in [-0.3, -0.25) is 18.9 Å². The van der Waals surface area contributed by atoms with Gasteiger partial charge in [-0.1, -0.05) is 13.8 Å². The van der Waals surface area contributed by atoms with Crippen LogP contribution in [0.4, 0.5) is 16.2 Å². The number of imidazole rings is 2. The van der Waals surface area contributed by atoms with Gasteiger partial charge in [0.15, 0.2) is 35.0 Å². The number of nitrogens with two attached hydrogens (primary N) is 1. The Kier molecular flexibility index (Phi) is 8.85. The van der Waals surface area contributed by atoms with E-state index in [4.69, 9.17) is 36.1 Å². The van der Waals surface area contributed by atoms with Crippen molar-refractivity contribution in [2.75, 3.05) is 30.8 Å². The largest absolute Gasteiger partial charge is 0.394 e. The summed E-state index contributed by atoms with van der Waals surface area (Å²) in [5.74, 6) is 0.661. The minimum Gasteiger partial charge on any atom is -0.394 e. The maximum Gasteiger partial charge on any atom is 0.324 e. The van der Waals surface area contributed by atoms with Crippen LogP contribution in [0.25, 0.3) is 22.3 Å². The number of aliphatic hydroxyl groups is 2. The van der Waals surface area contributed by atoms with Crippen LogP contribution in [0.5, 0.6) is 0 Å². The van der Waals surface area contributed by atoms with E-state index >= 15 is 4.39 Å². The summed E-state index contributed by atoms with van der Waals surface area (Å²) in [7, 11) is 0. The van der Waals surface area contributed by atoms with E-state index in [0.717, 1.165) is 0 Å². The molecule has 2 aliphatic rings. The molecule has 6 rings (SSSR count). The van der Waals surface area contributed by atoms with Crippen molar-refractivity contribution in [3.63, 3.8) is 0 Å². The first-order valence-corrected chi connectivity index (χ1v) is 16.6. The first-order chi connectivity index (χ1) is 21.5. The lowest BCUT2D eigenvalue weighted by Gasteiger charge is -2.24. The third-order valence-electron chi connectivity index (χ3n) is 7.41. The van der Waals surface area contributed by atoms with E-state index in [1.807, 2.05) is 13.8 Å². The van der Waals surface area contributed by atoms with Gasteiger partial charge in [-0.15, -0.1) is 0 Å². The summed E-state index contributed by atoms with van der Waals surface area (Å²) in [6.45, 7) is -0.439. The second-order valence-electron chi connectivity index (χ2n) is 11.1. The molecule has 0 saturated carbocycles. The first-order valence-electron chi connectivity index (χ1n) is 14.0. The molecule has 21 heteroatoms. The number of nitrogens with one attached hydrogen (secondary N) is 2. The molecule has 7 N–H and O–H groups in total. The highest BCUT2D eigenvalue weighted by Gasteiger charge is 2.47. The third-order valence-corrected chi connectivity index (χ3v) is 8.99. The Bertz CT molecular complexity index is 1790. The molecule has 45 heavy (non-hydrogen) atoms. The Hall–Kier alpha value is -3.20. The molecule has 0 radical (unpaired) electrons. The lowest BCUT2D eigenvalue weighted by molar-refractivity contribution is -0.0519. The van der Waals surface area contributed by atoms with E-state index in [9.17, 15) is 19.9 Å². The molecular weight excluding hydrogens is 638 g/mol. The van der Waals surface area contributed by atoms with Crippen molar-refractivity contribution in [3.05, 3.63) is 29.3 Å². The number of aromatic nitrogens is 8. The Morgan fingerprint density at radius 2 is 1.96 bits per heavy atom. The predicted molar refractivity (Wildman–Crippen MR) is 159 cm³/mol. The third kappa shape index (κ3) is 6.29. The molecule has 4 aromatic rings. The number of ether oxygens (including phenoxy) is 2. The number of hydrogen-bond donors (Lipinski definition) is 6. The average Bonchev–Trinajstić information content (AvgIpc) is 3.77. The van der Waals surface area contributed by atoms with Crippen LogP contribution in [-0.2, 0) is 30.3 Å². The second-order valence-corrected chi connectivity index (χ2v) is 13.8. The Labute approximate surface area is 259 Å². The van der Waals surface area contributed by atoms with Crippen LogP contribution in [0.3, 0.4) is 0 Å². The van der Waals surface area contributed by atoms with E-state index in [1.54, 1.807) is 0 Å². The summed E-state index contributed by atoms with van der Waals surface area (Å²) >= 11 is 5.19. The van der Waals surface area contributed by atoms with Crippen molar-refractivity contribution in [2.45, 2.75) is 63.3 Å². The van der Waals surface area contributed by atoms with Gasteiger partial charge < -0.3 is 44.7 Å². The van der Waals surface area contributed by atoms with Gasteiger partial charge >= 0.3 is 6.72 Å². The Balaban J connectivity index is 1.12. The number of rotatable bonds is 11. The highest BCUT2D eigenvalue weighted by atomic mass is 32.5. The van der Waals surface area contributed by atoms with Gasteiger partial charge in [0.05, 0.1) is 32.0 Å². The molecule has 1 unspecified atom stereocenters. The quantitative estimate of drug-likeness (QED) is 0.116. The van der Waals surface area contributed by atoms with E-state index in [2.05, 4.69) is 35.2 Å². The zero-order chi connectivity index (χ0) is 32.0. The van der Waals surface area contributed by atoms with Crippen LogP contribution in [0.1, 0.15) is 32.7 Å². The average molecular weight is 671 g/mol. The SMILES string of the molecule is CC(C)CNc1nc2c(ncn2[C@H]2C[C@H](OP(O)(=S)OC[C@H]3O[C@@H](n4cnc5c(N)ncnc54)[C@H](F)[C@@H]3O)[C@@H](CO)O2)c(=O)[nH]1. The van der Waals surface area contributed by atoms with Crippen molar-refractivity contribution < 1.29 is 38.0 Å². The Morgan fingerprint density at radius 1 is 1.20 bits per heavy atom. The summed E-state index contributed by atoms with van der Waals surface area (Å²) in [6.07, 6.45) is -4.82. The number of hydrogen-bond acceptors (Lipinski definition) is 15. The molecule has 2 aliphatic heterocycles. The van der Waals surface area contributed by atoms with Crippen LogP contribution in [0.15, 0.2) is 23.8 Å². The van der Waals surface area contributed by atoms with E-state index in [-0.39, 0.29) is 40.5 Å². The zero-order valence-corrected chi connectivity index (χ0v) is 25.7. The zero-order valence-electron chi connectivity index (χ0n) is 24.0. The minimum absolute atomic E-state index is 0.0815. The molecule has 0 amide bonds. The Morgan fingerprint density at radius 3 is 2.71 bits per heavy atom. The van der Waals surface area contributed by atoms with Crippen molar-refractivity contribution >= 4 is 52.6 Å². The molecule has 2 saturated heterocycles. The number of halogens is 1. The summed E-state index contributed by atoms with van der Waals surface area (Å²) in [5.41, 5.74) is 6.15. The van der Waals surface area contributed by atoms with Crippen molar-refractivity contribution in [3.8, 4) is 0 Å². The number of nitrogen functional groups attached to an aromatic ring is 1. The van der Waals surface area contributed by atoms with Crippen molar-refractivity contribution in [1.82, 2.24) is 39.0 Å². The van der Waals surface area contributed by atoms with Gasteiger partial charge in [0.25, 0.3) is 5.56 Å². The molecule has 0 spiro atoms. The van der Waals surface area contributed by atoms with Gasteiger partial charge in [0.2, 0.25) is 5.95 Å². The molecule has 8 atom stereocenters. The highest BCUT2D eigenvalue weighted by Crippen LogP contribution is 2.49. The van der Waals surface area contributed by atoms with Gasteiger partial charge in [0, 0.05) is 13.0 Å². The van der Waals surface area contributed by atoms with E-state index in [1.165, 1.54) is 28.1 Å². The van der Waals surface area contributed by atoms with Gasteiger partial charge in [-0.2, -0.15) is 4.98 Å². The molecular formula is C24H32FN10O8PS. The molecule has 18 nitrogen and oxygen atoms in total. The lowest BCUT2D eigenvalue weighted by atomic mass is 10.1. The van der Waals surface area contributed by atoms with Gasteiger partial charge in [-0.25, -0.2) is 24.3 Å². The topological polar surface area (TPSA) is 243 Å². The minimum atomic E-state index is -4.04. The van der Waals surface area contributed by atoms with Crippen LogP contribution in [0.2, 0.25) is 0 Å². The van der Waals surface area contributed by atoms with E-state index < -0.39 is 68.5 Å². The van der Waals surface area contributed by atoms with Gasteiger partial charge in [0.1, 0.15) is 36.4 Å². The molecule has 6 heterocycles. The monoisotopic (exact) mass is 670 g/mol. The summed E-state index contributed by atoms with van der Waals surface area (Å²) in [5, 5.41) is 23.6. The maximum absolute atomic E-state index is 15.1. The number of aromatic amines is 1. The highest BCUT2D eigenvalue weighted by molar-refractivity contribution is 8.07. The number of fused-ring (bicyclic) bond motifs is 2. The number of alkyl halides is 1. The normalized spacial score (nSPS) is 28.4. The fourth-order valence-electron chi connectivity index (χ4n) is 5.16. The standard InChI is InChI=1S/C24H32FN10O8PS/c1-10(2)4-27-24-32-21-17(22(38)33-24)31-8-34(21)14-3-11(12(5-36)41-14)43-44(39,45)40-6-13-18(37)15(25)23(42-13)35-9-30-16-19(26)28-7-29-20(16)35/h7-15,18,23,36-37H,3-6H2,1-2H3,(H,39,45)(H2,26,28,29)(H2,27,32,33,38)/t11-,12+,13+,14+,15+,18+,23+,44?/m0/s1. The smallest absolute Gasteiger partial charge is 0.324 e. The number of H-pyrrole nitrogens is 1. The predicted octanol–water partition coefficient (Wildman–Crippen LogP) is 0.104. The number of anilines is 2. The molecule has 0 aromatic carbocycles. The summed E-state index contributed by atoms with van der Waals surface area (Å²) < 4.78 is 40.8. The maximum atomic E-state index is 15.1. The van der Waals surface area contributed by atoms with Gasteiger partial charge in [-0.05, 0) is 17.7 Å². The molecule has 2 fully saturated rings. The van der Waals surface area contributed by atoms with Crippen LogP contribution < -0.4 is 16.6 Å². The van der Waals surface area contributed by atoms with Crippen molar-refractivity contribution in [1.29, 1.82) is 0 Å². The first kappa shape index (κ1) is 31.8.